The second kappa shape index (κ2) is 7.16. The van der Waals surface area contributed by atoms with E-state index in [0.29, 0.717) is 5.75 Å². The van der Waals surface area contributed by atoms with Crippen LogP contribution in [0, 0.1) is 5.92 Å². The van der Waals surface area contributed by atoms with Crippen molar-refractivity contribution in [3.05, 3.63) is 19.2 Å². The number of aliphatic hydroxyl groups is 1. The quantitative estimate of drug-likeness (QED) is 0.754. The summed E-state index contributed by atoms with van der Waals surface area (Å²) in [6, 6.07) is 1.84. The molecule has 1 N–H and O–H groups in total. The fraction of sp³-hybridized carbons (Fsp3) is 0.500. The lowest BCUT2D eigenvalue weighted by atomic mass is 10.2. The van der Waals surface area contributed by atoms with Gasteiger partial charge in [-0.1, -0.05) is 6.92 Å². The molecule has 6 heteroatoms. The lowest BCUT2D eigenvalue weighted by Gasteiger charge is -2.05. The number of carbonyl (C=O) groups excluding carboxylic acids is 1. The highest BCUT2D eigenvalue weighted by molar-refractivity contribution is 9.12. The number of thiophene rings is 1. The van der Waals surface area contributed by atoms with Gasteiger partial charge >= 0.3 is 0 Å². The van der Waals surface area contributed by atoms with Crippen molar-refractivity contribution >= 4 is 60.7 Å². The van der Waals surface area contributed by atoms with Crippen molar-refractivity contribution in [1.29, 1.82) is 0 Å². The molecule has 1 rings (SSSR count). The van der Waals surface area contributed by atoms with Crippen molar-refractivity contribution < 1.29 is 9.90 Å². The molecule has 0 spiro atoms. The van der Waals surface area contributed by atoms with E-state index in [4.69, 9.17) is 5.11 Å². The maximum atomic E-state index is 11.8. The van der Waals surface area contributed by atoms with Crippen molar-refractivity contribution in [3.63, 3.8) is 0 Å². The molecule has 0 aromatic carbocycles. The lowest BCUT2D eigenvalue weighted by Crippen LogP contribution is -2.07. The van der Waals surface area contributed by atoms with Gasteiger partial charge in [0.2, 0.25) is 0 Å². The van der Waals surface area contributed by atoms with Crippen LogP contribution in [0.25, 0.3) is 0 Å². The first-order valence-corrected chi connectivity index (χ1v) is 8.27. The summed E-state index contributed by atoms with van der Waals surface area (Å²) in [6.07, 6.45) is 0. The molecule has 0 aliphatic rings. The molecule has 0 aliphatic carbocycles. The predicted molar refractivity (Wildman–Crippen MR) is 77.6 cm³/mol. The molecule has 0 saturated carbocycles. The standard InChI is InChI=1S/C10H12Br2O2S2/c1-6(3-13)4-15-5-8(14)7-2-9(11)16-10(7)12/h2,6,13H,3-5H2,1H3. The lowest BCUT2D eigenvalue weighted by molar-refractivity contribution is 0.102. The van der Waals surface area contributed by atoms with Crippen LogP contribution in [0.5, 0.6) is 0 Å². The molecule has 1 aromatic heterocycles. The molecule has 0 amide bonds. The molecule has 0 bridgehead atoms. The van der Waals surface area contributed by atoms with E-state index in [0.717, 1.165) is 18.9 Å². The Hall–Kier alpha value is 0.640. The molecule has 0 saturated heterocycles. The van der Waals surface area contributed by atoms with E-state index in [-0.39, 0.29) is 18.3 Å². The fourth-order valence-corrected chi connectivity index (χ4v) is 4.84. The van der Waals surface area contributed by atoms with Crippen LogP contribution in [0.3, 0.4) is 0 Å². The summed E-state index contributed by atoms with van der Waals surface area (Å²) in [4.78, 5) is 11.8. The Morgan fingerprint density at radius 3 is 2.81 bits per heavy atom. The minimum atomic E-state index is 0.129. The number of carbonyl (C=O) groups is 1. The maximum absolute atomic E-state index is 11.8. The molecule has 90 valence electrons. The van der Waals surface area contributed by atoms with Gasteiger partial charge in [-0.3, -0.25) is 4.79 Å². The molecule has 0 fully saturated rings. The second-order valence-corrected chi connectivity index (χ2v) is 8.24. The zero-order valence-electron chi connectivity index (χ0n) is 8.70. The molecular weight excluding hydrogens is 376 g/mol. The number of hydrogen-bond acceptors (Lipinski definition) is 4. The predicted octanol–water partition coefficient (Wildman–Crippen LogP) is 3.82. The van der Waals surface area contributed by atoms with Crippen LogP contribution in [-0.4, -0.2) is 29.0 Å². The second-order valence-electron chi connectivity index (χ2n) is 3.46. The van der Waals surface area contributed by atoms with Gasteiger partial charge in [-0.15, -0.1) is 11.3 Å². The molecule has 1 unspecified atom stereocenters. The molecule has 1 aromatic rings. The van der Waals surface area contributed by atoms with E-state index < -0.39 is 0 Å². The minimum absolute atomic E-state index is 0.129. The maximum Gasteiger partial charge on any atom is 0.174 e. The van der Waals surface area contributed by atoms with Crippen molar-refractivity contribution in [3.8, 4) is 0 Å². The van der Waals surface area contributed by atoms with Gasteiger partial charge in [-0.25, -0.2) is 0 Å². The van der Waals surface area contributed by atoms with E-state index >= 15 is 0 Å². The van der Waals surface area contributed by atoms with Crippen LogP contribution in [0.4, 0.5) is 0 Å². The summed E-state index contributed by atoms with van der Waals surface area (Å²) < 4.78 is 1.83. The average Bonchev–Trinajstić information content (AvgIpc) is 2.57. The van der Waals surface area contributed by atoms with Crippen LogP contribution < -0.4 is 0 Å². The van der Waals surface area contributed by atoms with Gasteiger partial charge in [-0.2, -0.15) is 11.8 Å². The Bertz CT molecular complexity index is 366. The van der Waals surface area contributed by atoms with Gasteiger partial charge < -0.3 is 5.11 Å². The van der Waals surface area contributed by atoms with E-state index in [1.165, 1.54) is 11.3 Å². The molecular formula is C10H12Br2O2S2. The largest absolute Gasteiger partial charge is 0.396 e. The molecule has 1 heterocycles. The third-order valence-electron chi connectivity index (χ3n) is 1.90. The summed E-state index contributed by atoms with van der Waals surface area (Å²) in [5.41, 5.74) is 0.737. The first-order chi connectivity index (χ1) is 7.54. The van der Waals surface area contributed by atoms with Crippen molar-refractivity contribution in [2.24, 2.45) is 5.92 Å². The summed E-state index contributed by atoms with van der Waals surface area (Å²) in [5, 5.41) is 8.85. The summed E-state index contributed by atoms with van der Waals surface area (Å²) in [6.45, 7) is 2.14. The highest BCUT2D eigenvalue weighted by atomic mass is 79.9. The summed E-state index contributed by atoms with van der Waals surface area (Å²) in [7, 11) is 0. The number of rotatable bonds is 6. The number of ketones is 1. The van der Waals surface area contributed by atoms with Crippen LogP contribution in [0.2, 0.25) is 0 Å². The Labute approximate surface area is 120 Å². The Kier molecular flexibility index (Phi) is 6.58. The smallest absolute Gasteiger partial charge is 0.174 e. The summed E-state index contributed by atoms with van der Waals surface area (Å²) in [5.74, 6) is 1.65. The van der Waals surface area contributed by atoms with Crippen molar-refractivity contribution in [2.45, 2.75) is 6.92 Å². The SMILES string of the molecule is CC(CO)CSCC(=O)c1cc(Br)sc1Br. The third-order valence-corrected chi connectivity index (χ3v) is 5.51. The molecule has 0 aliphatic heterocycles. The highest BCUT2D eigenvalue weighted by Crippen LogP contribution is 2.32. The Morgan fingerprint density at radius 2 is 2.31 bits per heavy atom. The van der Waals surface area contributed by atoms with Crippen molar-refractivity contribution in [2.75, 3.05) is 18.1 Å². The first-order valence-electron chi connectivity index (χ1n) is 4.71. The van der Waals surface area contributed by atoms with Crippen molar-refractivity contribution in [1.82, 2.24) is 0 Å². The Morgan fingerprint density at radius 1 is 1.62 bits per heavy atom. The summed E-state index contributed by atoms with van der Waals surface area (Å²) >= 11 is 9.79. The number of thioether (sulfide) groups is 1. The number of halogens is 2. The fourth-order valence-electron chi connectivity index (χ4n) is 1.01. The average molecular weight is 388 g/mol. The van der Waals surface area contributed by atoms with E-state index in [2.05, 4.69) is 31.9 Å². The molecule has 1 atom stereocenters. The van der Waals surface area contributed by atoms with Gasteiger partial charge in [0, 0.05) is 12.2 Å². The van der Waals surface area contributed by atoms with Gasteiger partial charge in [0.05, 0.1) is 13.3 Å². The number of aliphatic hydroxyl groups excluding tert-OH is 1. The van der Waals surface area contributed by atoms with Crippen LogP contribution >= 0.6 is 55.0 Å². The topological polar surface area (TPSA) is 37.3 Å². The van der Waals surface area contributed by atoms with Gasteiger partial charge in [0.1, 0.15) is 0 Å². The van der Waals surface area contributed by atoms with Crippen LogP contribution in [0.15, 0.2) is 13.6 Å². The van der Waals surface area contributed by atoms with Crippen LogP contribution in [-0.2, 0) is 0 Å². The Balaban J connectivity index is 2.44. The molecule has 2 nitrogen and oxygen atoms in total. The van der Waals surface area contributed by atoms with Gasteiger partial charge in [0.25, 0.3) is 0 Å². The van der Waals surface area contributed by atoms with E-state index in [1.807, 2.05) is 13.0 Å². The van der Waals surface area contributed by atoms with Crippen LogP contribution in [0.1, 0.15) is 17.3 Å². The highest BCUT2D eigenvalue weighted by Gasteiger charge is 2.13. The zero-order valence-corrected chi connectivity index (χ0v) is 13.5. The monoisotopic (exact) mass is 386 g/mol. The third kappa shape index (κ3) is 4.49. The molecule has 0 radical (unpaired) electrons. The number of Topliss-reactive ketones (excluding diaryl/α,β-unsaturated/α-hetero) is 1. The number of hydrogen-bond donors (Lipinski definition) is 1. The molecule has 16 heavy (non-hydrogen) atoms. The first kappa shape index (κ1) is 14.7. The van der Waals surface area contributed by atoms with E-state index in [9.17, 15) is 4.79 Å². The normalized spacial score (nSPS) is 12.8. The van der Waals surface area contributed by atoms with E-state index in [1.54, 1.807) is 11.8 Å². The van der Waals surface area contributed by atoms with Gasteiger partial charge in [-0.05, 0) is 49.6 Å². The minimum Gasteiger partial charge on any atom is -0.396 e. The zero-order chi connectivity index (χ0) is 12.1. The van der Waals surface area contributed by atoms with Gasteiger partial charge in [0.15, 0.2) is 5.78 Å².